The van der Waals surface area contributed by atoms with E-state index in [1.165, 1.54) is 4.80 Å². The van der Waals surface area contributed by atoms with Gasteiger partial charge < -0.3 is 4.74 Å². The van der Waals surface area contributed by atoms with Crippen LogP contribution in [-0.4, -0.2) is 26.7 Å². The Morgan fingerprint density at radius 1 is 1.56 bits per heavy atom. The van der Waals surface area contributed by atoms with Crippen molar-refractivity contribution >= 4 is 6.09 Å². The number of aromatic nitrogens is 3. The van der Waals surface area contributed by atoms with Crippen LogP contribution < -0.4 is 10.9 Å². The molecule has 0 saturated heterocycles. The van der Waals surface area contributed by atoms with Crippen molar-refractivity contribution in [3.8, 4) is 0 Å². The van der Waals surface area contributed by atoms with Gasteiger partial charge in [0.25, 0.3) is 0 Å². The monoisotopic (exact) mass is 227 g/mol. The lowest BCUT2D eigenvalue weighted by Gasteiger charge is -2.19. The smallest absolute Gasteiger partial charge is 0.422 e. The molecule has 7 nitrogen and oxygen atoms in total. The Hall–Kier alpha value is -1.63. The molecule has 2 N–H and O–H groups in total. The lowest BCUT2D eigenvalue weighted by atomic mass is 10.2. The fraction of sp³-hybridized carbons (Fsp3) is 0.667. The molecule has 1 aromatic heterocycles. The third-order valence-electron chi connectivity index (χ3n) is 1.51. The van der Waals surface area contributed by atoms with Crippen molar-refractivity contribution in [2.45, 2.75) is 32.9 Å². The molecule has 0 saturated carbocycles. The second-order valence-electron chi connectivity index (χ2n) is 4.31. The maximum Gasteiger partial charge on any atom is 0.422 e. The number of carbonyl (C=O) groups excluding carboxylic acids is 1. The molecule has 1 aromatic rings. The first kappa shape index (κ1) is 12.4. The molecule has 1 amide bonds. The van der Waals surface area contributed by atoms with Gasteiger partial charge in [0.1, 0.15) is 5.60 Å². The molecule has 0 unspecified atom stereocenters. The number of ether oxygens (including phenoxy) is 1. The van der Waals surface area contributed by atoms with Gasteiger partial charge in [-0.2, -0.15) is 15.0 Å². The molecule has 0 radical (unpaired) electrons. The van der Waals surface area contributed by atoms with Crippen molar-refractivity contribution in [1.29, 1.82) is 0 Å². The standard InChI is InChI=1S/C9H17N5O2/c1-9(2,3)16-8(15)12-10-5-7-6-11-14(4)13-7/h6,10H,5H2,1-4H3,(H,12,15). The molecule has 0 spiro atoms. The SMILES string of the molecule is Cn1ncc(CNNC(=O)OC(C)(C)C)n1. The summed E-state index contributed by atoms with van der Waals surface area (Å²) in [5.74, 6) is 0. The lowest BCUT2D eigenvalue weighted by molar-refractivity contribution is 0.0497. The summed E-state index contributed by atoms with van der Waals surface area (Å²) in [5, 5.41) is 7.93. The zero-order valence-electron chi connectivity index (χ0n) is 9.94. The number of rotatable bonds is 3. The first-order valence-corrected chi connectivity index (χ1v) is 4.94. The van der Waals surface area contributed by atoms with Crippen LogP contribution in [-0.2, 0) is 18.3 Å². The Balaban J connectivity index is 2.23. The molecule has 0 aliphatic rings. The highest BCUT2D eigenvalue weighted by Crippen LogP contribution is 2.05. The number of aryl methyl sites for hydroxylation is 1. The first-order chi connectivity index (χ1) is 7.37. The molecule has 7 heteroatoms. The molecular weight excluding hydrogens is 210 g/mol. The van der Waals surface area contributed by atoms with Gasteiger partial charge in [0.15, 0.2) is 0 Å². The van der Waals surface area contributed by atoms with Crippen LogP contribution in [0.4, 0.5) is 4.79 Å². The number of carbonyl (C=O) groups is 1. The molecule has 0 aromatic carbocycles. The van der Waals surface area contributed by atoms with Crippen LogP contribution in [0.1, 0.15) is 26.5 Å². The summed E-state index contributed by atoms with van der Waals surface area (Å²) < 4.78 is 5.03. The van der Waals surface area contributed by atoms with Gasteiger partial charge in [0, 0.05) is 7.05 Å². The number of nitrogens with one attached hydrogen (secondary N) is 2. The van der Waals surface area contributed by atoms with E-state index in [4.69, 9.17) is 4.74 Å². The van der Waals surface area contributed by atoms with Gasteiger partial charge in [-0.05, 0) is 20.8 Å². The Labute approximate surface area is 94.1 Å². The molecule has 90 valence electrons. The highest BCUT2D eigenvalue weighted by Gasteiger charge is 2.15. The fourth-order valence-electron chi connectivity index (χ4n) is 0.979. The van der Waals surface area contributed by atoms with Crippen LogP contribution in [0.2, 0.25) is 0 Å². The van der Waals surface area contributed by atoms with E-state index in [2.05, 4.69) is 21.0 Å². The molecule has 0 atom stereocenters. The number of hydrogen-bond acceptors (Lipinski definition) is 5. The van der Waals surface area contributed by atoms with Crippen LogP contribution >= 0.6 is 0 Å². The van der Waals surface area contributed by atoms with Crippen molar-refractivity contribution < 1.29 is 9.53 Å². The summed E-state index contributed by atoms with van der Waals surface area (Å²) in [5.41, 5.74) is 5.34. The van der Waals surface area contributed by atoms with Crippen molar-refractivity contribution in [3.63, 3.8) is 0 Å². The van der Waals surface area contributed by atoms with E-state index in [1.807, 2.05) is 0 Å². The Bertz CT molecular complexity index is 355. The maximum atomic E-state index is 11.2. The molecule has 0 aliphatic heterocycles. The van der Waals surface area contributed by atoms with Gasteiger partial charge >= 0.3 is 6.09 Å². The van der Waals surface area contributed by atoms with Crippen LogP contribution in [0.5, 0.6) is 0 Å². The molecule has 0 fully saturated rings. The Morgan fingerprint density at radius 3 is 2.75 bits per heavy atom. The average molecular weight is 227 g/mol. The minimum Gasteiger partial charge on any atom is -0.443 e. The molecule has 16 heavy (non-hydrogen) atoms. The number of hydrazine groups is 1. The van der Waals surface area contributed by atoms with Crippen LogP contribution in [0, 0.1) is 0 Å². The maximum absolute atomic E-state index is 11.2. The zero-order valence-corrected chi connectivity index (χ0v) is 9.94. The molecule has 0 bridgehead atoms. The largest absolute Gasteiger partial charge is 0.443 e. The van der Waals surface area contributed by atoms with E-state index in [9.17, 15) is 4.79 Å². The van der Waals surface area contributed by atoms with Crippen molar-refractivity contribution in [3.05, 3.63) is 11.9 Å². The summed E-state index contributed by atoms with van der Waals surface area (Å²) in [6.45, 7) is 5.80. The van der Waals surface area contributed by atoms with Crippen molar-refractivity contribution in [2.24, 2.45) is 7.05 Å². The summed E-state index contributed by atoms with van der Waals surface area (Å²) in [7, 11) is 1.73. The van der Waals surface area contributed by atoms with E-state index in [0.29, 0.717) is 6.54 Å². The van der Waals surface area contributed by atoms with Gasteiger partial charge in [0.05, 0.1) is 18.4 Å². The summed E-state index contributed by atoms with van der Waals surface area (Å²) in [6, 6.07) is 0. The fourth-order valence-corrected chi connectivity index (χ4v) is 0.979. The minimum atomic E-state index is -0.517. The van der Waals surface area contributed by atoms with Gasteiger partial charge in [-0.25, -0.2) is 10.2 Å². The van der Waals surface area contributed by atoms with Gasteiger partial charge in [0.2, 0.25) is 0 Å². The Morgan fingerprint density at radius 2 is 2.25 bits per heavy atom. The zero-order chi connectivity index (χ0) is 12.2. The molecule has 1 heterocycles. The van der Waals surface area contributed by atoms with Crippen molar-refractivity contribution in [1.82, 2.24) is 25.8 Å². The van der Waals surface area contributed by atoms with E-state index in [1.54, 1.807) is 34.0 Å². The van der Waals surface area contributed by atoms with Crippen LogP contribution in [0.15, 0.2) is 6.20 Å². The number of amides is 1. The molecule has 0 aliphatic carbocycles. The van der Waals surface area contributed by atoms with Gasteiger partial charge in [-0.15, -0.1) is 0 Å². The van der Waals surface area contributed by atoms with E-state index < -0.39 is 11.7 Å². The highest BCUT2D eigenvalue weighted by molar-refractivity contribution is 5.66. The number of hydrogen-bond donors (Lipinski definition) is 2. The van der Waals surface area contributed by atoms with Crippen LogP contribution in [0.25, 0.3) is 0 Å². The summed E-state index contributed by atoms with van der Waals surface area (Å²) in [6.07, 6.45) is 1.10. The third-order valence-corrected chi connectivity index (χ3v) is 1.51. The second-order valence-corrected chi connectivity index (χ2v) is 4.31. The normalized spacial score (nSPS) is 11.2. The molecular formula is C9H17N5O2. The summed E-state index contributed by atoms with van der Waals surface area (Å²) >= 11 is 0. The molecule has 1 rings (SSSR count). The highest BCUT2D eigenvalue weighted by atomic mass is 16.6. The lowest BCUT2D eigenvalue weighted by Crippen LogP contribution is -2.40. The van der Waals surface area contributed by atoms with E-state index >= 15 is 0 Å². The van der Waals surface area contributed by atoms with E-state index in [-0.39, 0.29) is 0 Å². The quantitative estimate of drug-likeness (QED) is 0.728. The minimum absolute atomic E-state index is 0.396. The van der Waals surface area contributed by atoms with E-state index in [0.717, 1.165) is 5.69 Å². The first-order valence-electron chi connectivity index (χ1n) is 4.94. The predicted molar refractivity (Wildman–Crippen MR) is 57.2 cm³/mol. The van der Waals surface area contributed by atoms with Crippen molar-refractivity contribution in [2.75, 3.05) is 0 Å². The topological polar surface area (TPSA) is 81.1 Å². The number of nitrogens with zero attached hydrogens (tertiary/aromatic N) is 3. The van der Waals surface area contributed by atoms with Gasteiger partial charge in [-0.3, -0.25) is 5.43 Å². The Kier molecular flexibility index (Phi) is 3.83. The van der Waals surface area contributed by atoms with Gasteiger partial charge in [-0.1, -0.05) is 0 Å². The summed E-state index contributed by atoms with van der Waals surface area (Å²) in [4.78, 5) is 12.7. The average Bonchev–Trinajstić information content (AvgIpc) is 2.48. The predicted octanol–water partition coefficient (Wildman–Crippen LogP) is 0.344. The van der Waals surface area contributed by atoms with Crippen LogP contribution in [0.3, 0.4) is 0 Å². The third kappa shape index (κ3) is 4.74. The second kappa shape index (κ2) is 4.93.